The summed E-state index contributed by atoms with van der Waals surface area (Å²) < 4.78 is 45.0. The normalized spacial score (nSPS) is 16.7. The number of nitrogens with two attached hydrogens (primary N) is 1. The molecule has 0 saturated carbocycles. The standard InChI is InChI=1S/C22H27ClF3N5O2/c1-21(2,3)33-20(32)29-10-13-6-7-31(12-13)19-15(9-27)11-28-18(30-19)14-4-5-17(23)16(8-14)22(24,25)26/h4-5,8,11,13H,6-7,9-10,12,27H2,1-3H3,(H,29,32). The number of carbonyl (C=O) groups excluding carboxylic acids is 1. The van der Waals surface area contributed by atoms with Gasteiger partial charge in [0.2, 0.25) is 0 Å². The fraction of sp³-hybridized carbons (Fsp3) is 0.500. The summed E-state index contributed by atoms with van der Waals surface area (Å²) in [5.74, 6) is 0.888. The Labute approximate surface area is 195 Å². The van der Waals surface area contributed by atoms with Crippen LogP contribution in [0.4, 0.5) is 23.8 Å². The molecular weight excluding hydrogens is 459 g/mol. The van der Waals surface area contributed by atoms with Crippen LogP contribution in [-0.4, -0.2) is 41.3 Å². The van der Waals surface area contributed by atoms with E-state index in [0.717, 1.165) is 12.5 Å². The number of alkyl halides is 3. The molecule has 0 bridgehead atoms. The quantitative estimate of drug-likeness (QED) is 0.641. The number of halogens is 4. The van der Waals surface area contributed by atoms with Gasteiger partial charge in [0.25, 0.3) is 0 Å². The number of nitrogens with zero attached hydrogens (tertiary/aromatic N) is 3. The van der Waals surface area contributed by atoms with Crippen LogP contribution in [0.3, 0.4) is 0 Å². The fourth-order valence-electron chi connectivity index (χ4n) is 3.57. The molecule has 1 unspecified atom stereocenters. The SMILES string of the molecule is CC(C)(C)OC(=O)NCC1CCN(c2nc(-c3ccc(Cl)c(C(F)(F)F)c3)ncc2CN)C1. The van der Waals surface area contributed by atoms with Crippen LogP contribution >= 0.6 is 11.6 Å². The molecule has 7 nitrogen and oxygen atoms in total. The first-order valence-electron chi connectivity index (χ1n) is 10.5. The lowest BCUT2D eigenvalue weighted by molar-refractivity contribution is -0.137. The van der Waals surface area contributed by atoms with Crippen LogP contribution in [0.5, 0.6) is 0 Å². The number of hydrogen-bond donors (Lipinski definition) is 2. The lowest BCUT2D eigenvalue weighted by atomic mass is 10.1. The van der Waals surface area contributed by atoms with Crippen molar-refractivity contribution in [3.05, 3.63) is 40.5 Å². The molecule has 180 valence electrons. The first kappa shape index (κ1) is 25.0. The van der Waals surface area contributed by atoms with Gasteiger partial charge >= 0.3 is 12.3 Å². The molecule has 1 aromatic heterocycles. The molecular formula is C22H27ClF3N5O2. The van der Waals surface area contributed by atoms with Crippen LogP contribution in [0.15, 0.2) is 24.4 Å². The molecule has 2 heterocycles. The van der Waals surface area contributed by atoms with Gasteiger partial charge in [0.05, 0.1) is 10.6 Å². The van der Waals surface area contributed by atoms with Gasteiger partial charge in [-0.15, -0.1) is 0 Å². The second kappa shape index (κ2) is 9.72. The number of alkyl carbamates (subject to hydrolysis) is 1. The first-order chi connectivity index (χ1) is 15.4. The monoisotopic (exact) mass is 485 g/mol. The lowest BCUT2D eigenvalue weighted by Gasteiger charge is -2.22. The van der Waals surface area contributed by atoms with Gasteiger partial charge in [-0.05, 0) is 51.3 Å². The number of nitrogens with one attached hydrogen (secondary N) is 1. The molecule has 1 aliphatic heterocycles. The highest BCUT2D eigenvalue weighted by atomic mass is 35.5. The minimum atomic E-state index is -4.59. The van der Waals surface area contributed by atoms with Gasteiger partial charge < -0.3 is 20.7 Å². The van der Waals surface area contributed by atoms with E-state index in [1.165, 1.54) is 18.3 Å². The summed E-state index contributed by atoms with van der Waals surface area (Å²) in [5, 5.41) is 2.40. The maximum Gasteiger partial charge on any atom is 0.417 e. The molecule has 1 aromatic carbocycles. The third-order valence-electron chi connectivity index (χ3n) is 5.11. The van der Waals surface area contributed by atoms with Crippen molar-refractivity contribution < 1.29 is 22.7 Å². The molecule has 1 saturated heterocycles. The number of anilines is 1. The summed E-state index contributed by atoms with van der Waals surface area (Å²) in [6, 6.07) is 3.59. The van der Waals surface area contributed by atoms with Gasteiger partial charge in [0.15, 0.2) is 5.82 Å². The van der Waals surface area contributed by atoms with Crippen molar-refractivity contribution in [3.8, 4) is 11.4 Å². The Kier molecular flexibility index (Phi) is 7.38. The Morgan fingerprint density at radius 2 is 2.06 bits per heavy atom. The maximum absolute atomic E-state index is 13.3. The van der Waals surface area contributed by atoms with Crippen molar-refractivity contribution in [2.75, 3.05) is 24.5 Å². The highest BCUT2D eigenvalue weighted by Gasteiger charge is 2.34. The van der Waals surface area contributed by atoms with E-state index in [2.05, 4.69) is 15.3 Å². The van der Waals surface area contributed by atoms with Crippen LogP contribution in [0.1, 0.15) is 38.3 Å². The summed E-state index contributed by atoms with van der Waals surface area (Å²) >= 11 is 5.73. The van der Waals surface area contributed by atoms with E-state index in [1.807, 2.05) is 4.90 Å². The van der Waals surface area contributed by atoms with Crippen LogP contribution in [-0.2, 0) is 17.5 Å². The molecule has 1 amide bonds. The molecule has 3 N–H and O–H groups in total. The minimum absolute atomic E-state index is 0.152. The third-order valence-corrected chi connectivity index (χ3v) is 5.44. The topological polar surface area (TPSA) is 93.4 Å². The van der Waals surface area contributed by atoms with E-state index in [4.69, 9.17) is 22.1 Å². The minimum Gasteiger partial charge on any atom is -0.444 e. The Bertz CT molecular complexity index is 1010. The van der Waals surface area contributed by atoms with Crippen LogP contribution in [0.25, 0.3) is 11.4 Å². The van der Waals surface area contributed by atoms with Crippen LogP contribution in [0.2, 0.25) is 5.02 Å². The second-order valence-corrected chi connectivity index (χ2v) is 9.33. The summed E-state index contributed by atoms with van der Waals surface area (Å²) in [5.41, 5.74) is 5.23. The lowest BCUT2D eigenvalue weighted by Crippen LogP contribution is -2.36. The van der Waals surface area contributed by atoms with Crippen LogP contribution < -0.4 is 16.0 Å². The van der Waals surface area contributed by atoms with Crippen molar-refractivity contribution in [2.45, 2.75) is 45.5 Å². The predicted molar refractivity (Wildman–Crippen MR) is 120 cm³/mol. The van der Waals surface area contributed by atoms with Crippen molar-refractivity contribution >= 4 is 23.5 Å². The number of carbonyl (C=O) groups is 1. The van der Waals surface area contributed by atoms with Crippen molar-refractivity contribution in [2.24, 2.45) is 11.7 Å². The van der Waals surface area contributed by atoms with Gasteiger partial charge in [-0.25, -0.2) is 14.8 Å². The molecule has 2 aromatic rings. The van der Waals surface area contributed by atoms with Gasteiger partial charge in [-0.3, -0.25) is 0 Å². The number of amides is 1. The predicted octanol–water partition coefficient (Wildman–Crippen LogP) is 4.63. The van der Waals surface area contributed by atoms with Gasteiger partial charge in [-0.2, -0.15) is 13.2 Å². The molecule has 3 rings (SSSR count). The zero-order valence-corrected chi connectivity index (χ0v) is 19.4. The number of rotatable bonds is 5. The average Bonchev–Trinajstić information content (AvgIpc) is 3.19. The maximum atomic E-state index is 13.3. The molecule has 0 aliphatic carbocycles. The second-order valence-electron chi connectivity index (χ2n) is 8.92. The summed E-state index contributed by atoms with van der Waals surface area (Å²) in [7, 11) is 0. The van der Waals surface area contributed by atoms with E-state index in [9.17, 15) is 18.0 Å². The van der Waals surface area contributed by atoms with Gasteiger partial charge in [0.1, 0.15) is 11.4 Å². The zero-order valence-electron chi connectivity index (χ0n) is 18.7. The molecule has 1 fully saturated rings. The highest BCUT2D eigenvalue weighted by molar-refractivity contribution is 6.31. The van der Waals surface area contributed by atoms with E-state index in [0.29, 0.717) is 31.0 Å². The Hall–Kier alpha value is -2.59. The molecule has 1 atom stereocenters. The smallest absolute Gasteiger partial charge is 0.417 e. The van der Waals surface area contributed by atoms with Crippen molar-refractivity contribution in [1.29, 1.82) is 0 Å². The fourth-order valence-corrected chi connectivity index (χ4v) is 3.79. The van der Waals surface area contributed by atoms with Crippen molar-refractivity contribution in [3.63, 3.8) is 0 Å². The largest absolute Gasteiger partial charge is 0.444 e. The van der Waals surface area contributed by atoms with Gasteiger partial charge in [0, 0.05) is 43.5 Å². The van der Waals surface area contributed by atoms with E-state index < -0.39 is 23.4 Å². The molecule has 0 spiro atoms. The van der Waals surface area contributed by atoms with E-state index in [-0.39, 0.29) is 28.9 Å². The van der Waals surface area contributed by atoms with Crippen LogP contribution in [0, 0.1) is 5.92 Å². The van der Waals surface area contributed by atoms with E-state index in [1.54, 1.807) is 20.8 Å². The number of ether oxygens (including phenoxy) is 1. The molecule has 11 heteroatoms. The number of aromatic nitrogens is 2. The highest BCUT2D eigenvalue weighted by Crippen LogP contribution is 2.37. The van der Waals surface area contributed by atoms with E-state index >= 15 is 0 Å². The molecule has 33 heavy (non-hydrogen) atoms. The number of hydrogen-bond acceptors (Lipinski definition) is 6. The van der Waals surface area contributed by atoms with Gasteiger partial charge in [-0.1, -0.05) is 11.6 Å². The Morgan fingerprint density at radius 3 is 2.70 bits per heavy atom. The summed E-state index contributed by atoms with van der Waals surface area (Å²) in [6.45, 7) is 7.27. The molecule has 1 aliphatic rings. The Balaban J connectivity index is 1.77. The summed E-state index contributed by atoms with van der Waals surface area (Å²) in [4.78, 5) is 22.7. The Morgan fingerprint density at radius 1 is 1.33 bits per heavy atom. The zero-order chi connectivity index (χ0) is 24.4. The van der Waals surface area contributed by atoms with Crippen molar-refractivity contribution in [1.82, 2.24) is 15.3 Å². The number of benzene rings is 1. The first-order valence-corrected chi connectivity index (χ1v) is 10.9. The third kappa shape index (κ3) is 6.48. The molecule has 0 radical (unpaired) electrons. The average molecular weight is 486 g/mol. The summed E-state index contributed by atoms with van der Waals surface area (Å²) in [6.07, 6.45) is -2.73.